The highest BCUT2D eigenvalue weighted by atomic mass is 19.3. The van der Waals surface area contributed by atoms with Gasteiger partial charge in [-0.2, -0.15) is 8.78 Å². The first-order valence-corrected chi connectivity index (χ1v) is 7.74. The van der Waals surface area contributed by atoms with Gasteiger partial charge in [0.2, 0.25) is 0 Å². The molecule has 0 saturated carbocycles. The SMILES string of the molecule is COc1cc(CCNC(=O)COc2cccc(F)c2)ccc1OC(F)F. The molecule has 0 bridgehead atoms. The monoisotopic (exact) mass is 369 g/mol. The predicted octanol–water partition coefficient (Wildman–Crippen LogP) is 3.17. The molecule has 0 aliphatic heterocycles. The molecule has 0 radical (unpaired) electrons. The Labute approximate surface area is 148 Å². The van der Waals surface area contributed by atoms with Gasteiger partial charge in [-0.3, -0.25) is 4.79 Å². The van der Waals surface area contributed by atoms with Crippen molar-refractivity contribution < 1.29 is 32.2 Å². The second-order valence-corrected chi connectivity index (χ2v) is 5.21. The molecule has 5 nitrogen and oxygen atoms in total. The van der Waals surface area contributed by atoms with Crippen LogP contribution in [0.2, 0.25) is 0 Å². The van der Waals surface area contributed by atoms with Crippen molar-refractivity contribution in [2.45, 2.75) is 13.0 Å². The fraction of sp³-hybridized carbons (Fsp3) is 0.278. The first-order valence-electron chi connectivity index (χ1n) is 7.74. The Balaban J connectivity index is 1.78. The summed E-state index contributed by atoms with van der Waals surface area (Å²) in [5.41, 5.74) is 0.773. The summed E-state index contributed by atoms with van der Waals surface area (Å²) in [6.07, 6.45) is 0.455. The third-order valence-corrected chi connectivity index (χ3v) is 3.35. The molecule has 0 spiro atoms. The van der Waals surface area contributed by atoms with E-state index in [2.05, 4.69) is 10.1 Å². The van der Waals surface area contributed by atoms with E-state index in [-0.39, 0.29) is 29.8 Å². The average Bonchev–Trinajstić information content (AvgIpc) is 2.61. The Morgan fingerprint density at radius 3 is 2.65 bits per heavy atom. The predicted molar refractivity (Wildman–Crippen MR) is 88.2 cm³/mol. The second-order valence-electron chi connectivity index (χ2n) is 5.21. The van der Waals surface area contributed by atoms with Crippen molar-refractivity contribution in [3.05, 3.63) is 53.8 Å². The van der Waals surface area contributed by atoms with E-state index in [9.17, 15) is 18.0 Å². The molecule has 0 atom stereocenters. The molecule has 140 valence electrons. The van der Waals surface area contributed by atoms with Crippen LogP contribution in [0.4, 0.5) is 13.2 Å². The molecule has 1 amide bonds. The fourth-order valence-corrected chi connectivity index (χ4v) is 2.16. The van der Waals surface area contributed by atoms with Crippen LogP contribution in [0.25, 0.3) is 0 Å². The average molecular weight is 369 g/mol. The zero-order valence-electron chi connectivity index (χ0n) is 14.0. The molecule has 0 heterocycles. The van der Waals surface area contributed by atoms with Crippen LogP contribution >= 0.6 is 0 Å². The van der Waals surface area contributed by atoms with Crippen molar-refractivity contribution in [3.8, 4) is 17.2 Å². The van der Waals surface area contributed by atoms with Crippen molar-refractivity contribution in [1.82, 2.24) is 5.32 Å². The summed E-state index contributed by atoms with van der Waals surface area (Å²) >= 11 is 0. The zero-order chi connectivity index (χ0) is 18.9. The molecule has 0 unspecified atom stereocenters. The first-order chi connectivity index (χ1) is 12.5. The molecule has 0 aliphatic rings. The van der Waals surface area contributed by atoms with E-state index in [0.717, 1.165) is 5.56 Å². The zero-order valence-corrected chi connectivity index (χ0v) is 14.0. The van der Waals surface area contributed by atoms with Crippen molar-refractivity contribution in [3.63, 3.8) is 0 Å². The fourth-order valence-electron chi connectivity index (χ4n) is 2.16. The van der Waals surface area contributed by atoms with Crippen molar-refractivity contribution in [2.24, 2.45) is 0 Å². The van der Waals surface area contributed by atoms with E-state index >= 15 is 0 Å². The molecule has 1 N–H and O–H groups in total. The van der Waals surface area contributed by atoms with Crippen LogP contribution in [-0.2, 0) is 11.2 Å². The molecule has 8 heteroatoms. The topological polar surface area (TPSA) is 56.8 Å². The van der Waals surface area contributed by atoms with E-state index in [0.29, 0.717) is 13.0 Å². The minimum atomic E-state index is -2.94. The molecule has 2 aromatic carbocycles. The smallest absolute Gasteiger partial charge is 0.387 e. The molecule has 26 heavy (non-hydrogen) atoms. The van der Waals surface area contributed by atoms with Crippen LogP contribution in [0.15, 0.2) is 42.5 Å². The van der Waals surface area contributed by atoms with Crippen molar-refractivity contribution in [1.29, 1.82) is 0 Å². The number of alkyl halides is 2. The largest absolute Gasteiger partial charge is 0.493 e. The minimum absolute atomic E-state index is 0.0567. The van der Waals surface area contributed by atoms with Crippen LogP contribution in [0.5, 0.6) is 17.2 Å². The van der Waals surface area contributed by atoms with Crippen LogP contribution < -0.4 is 19.5 Å². The first kappa shape index (κ1) is 19.4. The van der Waals surface area contributed by atoms with E-state index in [1.54, 1.807) is 18.2 Å². The van der Waals surface area contributed by atoms with Gasteiger partial charge in [-0.15, -0.1) is 0 Å². The summed E-state index contributed by atoms with van der Waals surface area (Å²) in [5.74, 6) is -0.420. The third-order valence-electron chi connectivity index (χ3n) is 3.35. The van der Waals surface area contributed by atoms with Gasteiger partial charge in [0.1, 0.15) is 11.6 Å². The summed E-state index contributed by atoms with van der Waals surface area (Å²) < 4.78 is 52.1. The van der Waals surface area contributed by atoms with Crippen LogP contribution in [0.3, 0.4) is 0 Å². The summed E-state index contributed by atoms with van der Waals surface area (Å²) in [6, 6.07) is 10.0. The van der Waals surface area contributed by atoms with Gasteiger partial charge < -0.3 is 19.5 Å². The molecule has 0 saturated heterocycles. The van der Waals surface area contributed by atoms with E-state index in [4.69, 9.17) is 9.47 Å². The molecule has 0 aliphatic carbocycles. The lowest BCUT2D eigenvalue weighted by molar-refractivity contribution is -0.123. The van der Waals surface area contributed by atoms with Gasteiger partial charge in [-0.25, -0.2) is 4.39 Å². The third kappa shape index (κ3) is 6.19. The Kier molecular flexibility index (Phi) is 7.13. The van der Waals surface area contributed by atoms with Crippen LogP contribution in [-0.4, -0.2) is 32.8 Å². The van der Waals surface area contributed by atoms with E-state index in [1.807, 2.05) is 0 Å². The van der Waals surface area contributed by atoms with Gasteiger partial charge in [0.25, 0.3) is 5.91 Å². The van der Waals surface area contributed by atoms with Crippen molar-refractivity contribution >= 4 is 5.91 Å². The number of carbonyl (C=O) groups is 1. The van der Waals surface area contributed by atoms with Gasteiger partial charge in [0.15, 0.2) is 18.1 Å². The number of hydrogen-bond acceptors (Lipinski definition) is 4. The number of halogens is 3. The summed E-state index contributed by atoms with van der Waals surface area (Å²) in [7, 11) is 1.35. The van der Waals surface area contributed by atoms with E-state index in [1.165, 1.54) is 31.4 Å². The molecule has 0 aromatic heterocycles. The lowest BCUT2D eigenvalue weighted by Gasteiger charge is -2.12. The number of amides is 1. The maximum absolute atomic E-state index is 13.0. The Morgan fingerprint density at radius 1 is 1.15 bits per heavy atom. The highest BCUT2D eigenvalue weighted by Gasteiger charge is 2.11. The summed E-state index contributed by atoms with van der Waals surface area (Å²) in [6.45, 7) is -2.87. The second kappa shape index (κ2) is 9.55. The normalized spacial score (nSPS) is 10.5. The van der Waals surface area contributed by atoms with Crippen LogP contribution in [0, 0.1) is 5.82 Å². The van der Waals surface area contributed by atoms with Gasteiger partial charge in [-0.05, 0) is 36.2 Å². The quantitative estimate of drug-likeness (QED) is 0.738. The molecule has 0 fully saturated rings. The minimum Gasteiger partial charge on any atom is -0.493 e. The van der Waals surface area contributed by atoms with Gasteiger partial charge in [0.05, 0.1) is 7.11 Å². The summed E-state index contributed by atoms with van der Waals surface area (Å²) in [5, 5.41) is 2.65. The maximum atomic E-state index is 13.0. The molecular weight excluding hydrogens is 351 g/mol. The van der Waals surface area contributed by atoms with Gasteiger partial charge in [0, 0.05) is 12.6 Å². The number of nitrogens with one attached hydrogen (secondary N) is 1. The number of benzene rings is 2. The Hall–Kier alpha value is -2.90. The maximum Gasteiger partial charge on any atom is 0.387 e. The molecule has 2 aromatic rings. The van der Waals surface area contributed by atoms with Gasteiger partial charge in [-0.1, -0.05) is 12.1 Å². The summed E-state index contributed by atoms with van der Waals surface area (Å²) in [4.78, 5) is 11.7. The number of rotatable bonds is 9. The van der Waals surface area contributed by atoms with E-state index < -0.39 is 12.4 Å². The van der Waals surface area contributed by atoms with Crippen LogP contribution in [0.1, 0.15) is 5.56 Å². The Morgan fingerprint density at radius 2 is 1.96 bits per heavy atom. The highest BCUT2D eigenvalue weighted by molar-refractivity contribution is 5.77. The molecule has 2 rings (SSSR count). The van der Waals surface area contributed by atoms with Crippen molar-refractivity contribution in [2.75, 3.05) is 20.3 Å². The van der Waals surface area contributed by atoms with Gasteiger partial charge >= 0.3 is 6.61 Å². The number of carbonyl (C=O) groups excluding carboxylic acids is 1. The standard InChI is InChI=1S/C18H18F3NO4/c1-24-16-9-12(5-6-15(16)26-18(20)21)7-8-22-17(23)11-25-14-4-2-3-13(19)10-14/h2-6,9-10,18H,7-8,11H2,1H3,(H,22,23). The number of methoxy groups -OCH3 is 1. The Bertz CT molecular complexity index is 740. The number of hydrogen-bond donors (Lipinski definition) is 1. The molecular formula is C18H18F3NO4. The lowest BCUT2D eigenvalue weighted by atomic mass is 10.1. The number of ether oxygens (including phenoxy) is 3. The highest BCUT2D eigenvalue weighted by Crippen LogP contribution is 2.29. The lowest BCUT2D eigenvalue weighted by Crippen LogP contribution is -2.30.